The number of aliphatic carboxylic acids is 1. The summed E-state index contributed by atoms with van der Waals surface area (Å²) in [7, 11) is 0. The van der Waals surface area contributed by atoms with Crippen LogP contribution in [0, 0.1) is 5.92 Å². The van der Waals surface area contributed by atoms with Crippen LogP contribution in [0.5, 0.6) is 0 Å². The van der Waals surface area contributed by atoms with Crippen LogP contribution >= 0.6 is 11.6 Å². The van der Waals surface area contributed by atoms with Gasteiger partial charge in [-0.3, -0.25) is 4.79 Å². The number of carboxylic acids is 1. The molecule has 1 fully saturated rings. The molecule has 1 heterocycles. The van der Waals surface area contributed by atoms with Crippen LogP contribution in [0.3, 0.4) is 0 Å². The fraction of sp³-hybridized carbons (Fsp3) is 0.375. The fourth-order valence-corrected chi connectivity index (χ4v) is 2.59. The minimum absolute atomic E-state index is 0.0161. The zero-order valence-electron chi connectivity index (χ0n) is 11.9. The third-order valence-electron chi connectivity index (χ3n) is 3.72. The lowest BCUT2D eigenvalue weighted by molar-refractivity contribution is -0.131. The third-order valence-corrected chi connectivity index (χ3v) is 4.05. The molecule has 5 heteroatoms. The van der Waals surface area contributed by atoms with Crippen molar-refractivity contribution in [3.05, 3.63) is 40.4 Å². The fourth-order valence-electron chi connectivity index (χ4n) is 2.35. The topological polar surface area (TPSA) is 57.6 Å². The smallest absolute Gasteiger partial charge is 0.328 e. The van der Waals surface area contributed by atoms with Gasteiger partial charge in [-0.2, -0.15) is 0 Å². The summed E-state index contributed by atoms with van der Waals surface area (Å²) >= 11 is 6.10. The van der Waals surface area contributed by atoms with E-state index >= 15 is 0 Å². The molecule has 0 saturated carbocycles. The van der Waals surface area contributed by atoms with Gasteiger partial charge < -0.3 is 10.0 Å². The summed E-state index contributed by atoms with van der Waals surface area (Å²) in [5.41, 5.74) is 1.13. The van der Waals surface area contributed by atoms with Crippen molar-refractivity contribution >= 4 is 29.6 Å². The van der Waals surface area contributed by atoms with Crippen molar-refractivity contribution in [3.63, 3.8) is 0 Å². The standard InChI is InChI=1S/C16H18ClNO3/c1-11-6-8-18(9-7-11)16(21)13-3-2-12(14(17)10-13)4-5-15(19)20/h2-5,10-11H,6-9H2,1H3,(H,19,20)/b5-4+. The first-order valence-corrected chi connectivity index (χ1v) is 7.35. The van der Waals surface area contributed by atoms with E-state index in [9.17, 15) is 9.59 Å². The molecule has 1 aromatic carbocycles. The second kappa shape index (κ2) is 6.76. The minimum atomic E-state index is -1.03. The van der Waals surface area contributed by atoms with Crippen molar-refractivity contribution in [2.45, 2.75) is 19.8 Å². The number of halogens is 1. The summed E-state index contributed by atoms with van der Waals surface area (Å²) in [6.07, 6.45) is 4.49. The van der Waals surface area contributed by atoms with E-state index < -0.39 is 5.97 Å². The Morgan fingerprint density at radius 3 is 2.57 bits per heavy atom. The summed E-state index contributed by atoms with van der Waals surface area (Å²) < 4.78 is 0. The number of nitrogens with zero attached hydrogens (tertiary/aromatic N) is 1. The summed E-state index contributed by atoms with van der Waals surface area (Å²) in [5.74, 6) is -0.382. The lowest BCUT2D eigenvalue weighted by Gasteiger charge is -2.30. The normalized spacial score (nSPS) is 16.4. The maximum absolute atomic E-state index is 12.4. The Bertz CT molecular complexity index is 575. The number of hydrogen-bond donors (Lipinski definition) is 1. The van der Waals surface area contributed by atoms with Gasteiger partial charge in [0.25, 0.3) is 5.91 Å². The lowest BCUT2D eigenvalue weighted by Crippen LogP contribution is -2.37. The van der Waals surface area contributed by atoms with E-state index in [1.54, 1.807) is 18.2 Å². The van der Waals surface area contributed by atoms with Gasteiger partial charge in [0.2, 0.25) is 0 Å². The predicted molar refractivity (Wildman–Crippen MR) is 82.4 cm³/mol. The van der Waals surface area contributed by atoms with Crippen LogP contribution in [-0.2, 0) is 4.79 Å². The highest BCUT2D eigenvalue weighted by atomic mass is 35.5. The molecule has 0 spiro atoms. The van der Waals surface area contributed by atoms with Gasteiger partial charge in [0.15, 0.2) is 0 Å². The van der Waals surface area contributed by atoms with Gasteiger partial charge >= 0.3 is 5.97 Å². The van der Waals surface area contributed by atoms with Crippen LogP contribution in [0.25, 0.3) is 6.08 Å². The molecular weight excluding hydrogens is 290 g/mol. The summed E-state index contributed by atoms with van der Waals surface area (Å²) in [5, 5.41) is 8.99. The Morgan fingerprint density at radius 1 is 1.33 bits per heavy atom. The van der Waals surface area contributed by atoms with Gasteiger partial charge in [0, 0.05) is 29.8 Å². The summed E-state index contributed by atoms with van der Waals surface area (Å²) in [4.78, 5) is 24.7. The Morgan fingerprint density at radius 2 is 2.00 bits per heavy atom. The number of likely N-dealkylation sites (tertiary alicyclic amines) is 1. The molecule has 1 saturated heterocycles. The first-order chi connectivity index (χ1) is 9.97. The van der Waals surface area contributed by atoms with Crippen LogP contribution in [0.2, 0.25) is 5.02 Å². The molecule has 0 aromatic heterocycles. The SMILES string of the molecule is CC1CCN(C(=O)c2ccc(/C=C/C(=O)O)c(Cl)c2)CC1. The first-order valence-electron chi connectivity index (χ1n) is 6.97. The second-order valence-corrected chi connectivity index (χ2v) is 5.79. The average Bonchev–Trinajstić information content (AvgIpc) is 2.46. The molecule has 1 N–H and O–H groups in total. The van der Waals surface area contributed by atoms with Crippen molar-refractivity contribution in [2.24, 2.45) is 5.92 Å². The van der Waals surface area contributed by atoms with E-state index in [1.165, 1.54) is 6.08 Å². The van der Waals surface area contributed by atoms with Gasteiger partial charge in [-0.15, -0.1) is 0 Å². The molecule has 1 aromatic rings. The molecule has 0 bridgehead atoms. The van der Waals surface area contributed by atoms with Crippen molar-refractivity contribution in [1.29, 1.82) is 0 Å². The van der Waals surface area contributed by atoms with Gasteiger partial charge in [0.05, 0.1) is 0 Å². The molecule has 0 radical (unpaired) electrons. The number of carboxylic acid groups (broad SMARTS) is 1. The van der Waals surface area contributed by atoms with Crippen molar-refractivity contribution < 1.29 is 14.7 Å². The number of benzene rings is 1. The molecule has 21 heavy (non-hydrogen) atoms. The molecule has 0 aliphatic carbocycles. The molecule has 112 valence electrons. The molecule has 0 unspecified atom stereocenters. The van der Waals surface area contributed by atoms with Crippen molar-refractivity contribution in [2.75, 3.05) is 13.1 Å². The maximum atomic E-state index is 12.4. The molecule has 0 atom stereocenters. The van der Waals surface area contributed by atoms with Crippen molar-refractivity contribution in [3.8, 4) is 0 Å². The molecular formula is C16H18ClNO3. The quantitative estimate of drug-likeness (QED) is 0.872. The predicted octanol–water partition coefficient (Wildman–Crippen LogP) is 3.31. The molecule has 4 nitrogen and oxygen atoms in total. The highest BCUT2D eigenvalue weighted by Crippen LogP contribution is 2.22. The Hall–Kier alpha value is -1.81. The highest BCUT2D eigenvalue weighted by molar-refractivity contribution is 6.32. The zero-order valence-corrected chi connectivity index (χ0v) is 12.6. The first kappa shape index (κ1) is 15.6. The molecule has 1 aliphatic heterocycles. The number of amides is 1. The van der Waals surface area contributed by atoms with E-state index in [2.05, 4.69) is 6.92 Å². The van der Waals surface area contributed by atoms with Crippen LogP contribution in [0.15, 0.2) is 24.3 Å². The van der Waals surface area contributed by atoms with Crippen LogP contribution < -0.4 is 0 Å². The van der Waals surface area contributed by atoms with Crippen LogP contribution in [0.1, 0.15) is 35.7 Å². The number of carbonyl (C=O) groups is 2. The monoisotopic (exact) mass is 307 g/mol. The number of hydrogen-bond acceptors (Lipinski definition) is 2. The summed E-state index contributed by atoms with van der Waals surface area (Å²) in [6.45, 7) is 3.75. The number of carbonyl (C=O) groups excluding carboxylic acids is 1. The Labute approximate surface area is 129 Å². The van der Waals surface area contributed by atoms with Gasteiger partial charge in [-0.1, -0.05) is 24.6 Å². The average molecular weight is 308 g/mol. The van der Waals surface area contributed by atoms with Crippen LogP contribution in [0.4, 0.5) is 0 Å². The minimum Gasteiger partial charge on any atom is -0.478 e. The van der Waals surface area contributed by atoms with Gasteiger partial charge in [-0.05, 0) is 42.5 Å². The van der Waals surface area contributed by atoms with E-state index in [-0.39, 0.29) is 5.91 Å². The van der Waals surface area contributed by atoms with E-state index in [0.29, 0.717) is 22.1 Å². The number of rotatable bonds is 3. The van der Waals surface area contributed by atoms with E-state index in [4.69, 9.17) is 16.7 Å². The highest BCUT2D eigenvalue weighted by Gasteiger charge is 2.21. The second-order valence-electron chi connectivity index (χ2n) is 5.38. The Balaban J connectivity index is 2.12. The number of piperidine rings is 1. The van der Waals surface area contributed by atoms with E-state index in [1.807, 2.05) is 4.90 Å². The molecule has 1 amide bonds. The molecule has 1 aliphatic rings. The van der Waals surface area contributed by atoms with Gasteiger partial charge in [-0.25, -0.2) is 4.79 Å². The third kappa shape index (κ3) is 4.08. The summed E-state index contributed by atoms with van der Waals surface area (Å²) in [6, 6.07) is 4.96. The molecule has 2 rings (SSSR count). The zero-order chi connectivity index (χ0) is 15.4. The van der Waals surface area contributed by atoms with Gasteiger partial charge in [0.1, 0.15) is 0 Å². The largest absolute Gasteiger partial charge is 0.478 e. The maximum Gasteiger partial charge on any atom is 0.328 e. The lowest BCUT2D eigenvalue weighted by atomic mass is 9.98. The van der Waals surface area contributed by atoms with Crippen LogP contribution in [-0.4, -0.2) is 35.0 Å². The Kier molecular flexibility index (Phi) is 5.02. The van der Waals surface area contributed by atoms with Crippen molar-refractivity contribution in [1.82, 2.24) is 4.90 Å². The van der Waals surface area contributed by atoms with E-state index in [0.717, 1.165) is 32.0 Å².